The third kappa shape index (κ3) is 4.18. The molecule has 23 heavy (non-hydrogen) atoms. The van der Waals surface area contributed by atoms with E-state index < -0.39 is 0 Å². The molecular weight excluding hydrogens is 293 g/mol. The van der Waals surface area contributed by atoms with Gasteiger partial charge in [0.2, 0.25) is 5.91 Å². The molecule has 1 aliphatic rings. The summed E-state index contributed by atoms with van der Waals surface area (Å²) in [6.07, 6.45) is 7.90. The highest BCUT2D eigenvalue weighted by molar-refractivity contribution is 5.76. The molecule has 2 aromatic rings. The van der Waals surface area contributed by atoms with Gasteiger partial charge in [0.05, 0.1) is 6.20 Å². The molecule has 3 rings (SSSR count). The van der Waals surface area contributed by atoms with Gasteiger partial charge < -0.3 is 5.32 Å². The van der Waals surface area contributed by atoms with Crippen molar-refractivity contribution >= 4 is 5.91 Å². The van der Waals surface area contributed by atoms with E-state index in [4.69, 9.17) is 0 Å². The van der Waals surface area contributed by atoms with Crippen LogP contribution in [0, 0.1) is 5.82 Å². The van der Waals surface area contributed by atoms with E-state index in [1.54, 1.807) is 10.9 Å². The average Bonchev–Trinajstić information content (AvgIpc) is 3.15. The van der Waals surface area contributed by atoms with Crippen molar-refractivity contribution in [3.05, 3.63) is 53.6 Å². The van der Waals surface area contributed by atoms with E-state index in [1.165, 1.54) is 17.7 Å². The zero-order valence-electron chi connectivity index (χ0n) is 13.3. The van der Waals surface area contributed by atoms with Gasteiger partial charge in [-0.15, -0.1) is 0 Å². The Labute approximate surface area is 135 Å². The minimum Gasteiger partial charge on any atom is -0.353 e. The van der Waals surface area contributed by atoms with Crippen LogP contribution < -0.4 is 5.32 Å². The number of rotatable bonds is 5. The second-order valence-electron chi connectivity index (χ2n) is 6.35. The molecule has 0 aliphatic heterocycles. The molecule has 0 unspecified atom stereocenters. The van der Waals surface area contributed by atoms with E-state index in [-0.39, 0.29) is 17.8 Å². The third-order valence-corrected chi connectivity index (χ3v) is 4.54. The smallest absolute Gasteiger partial charge is 0.220 e. The quantitative estimate of drug-likeness (QED) is 0.922. The molecule has 1 N–H and O–H groups in total. The van der Waals surface area contributed by atoms with Crippen LogP contribution in [0.2, 0.25) is 0 Å². The molecule has 0 spiro atoms. The molecule has 1 amide bonds. The number of hydrogen-bond acceptors (Lipinski definition) is 2. The maximum atomic E-state index is 13.0. The van der Waals surface area contributed by atoms with E-state index in [9.17, 15) is 9.18 Å². The van der Waals surface area contributed by atoms with Crippen molar-refractivity contribution in [1.29, 1.82) is 0 Å². The van der Waals surface area contributed by atoms with Crippen LogP contribution in [0.3, 0.4) is 0 Å². The standard InChI is InChI=1S/C18H22FN3O/c1-22-12-13(11-20-22)2-9-18(23)21-17-8-5-15(10-17)14-3-6-16(19)7-4-14/h3-4,6-7,11-12,15,17H,2,5,8-10H2,1H3,(H,21,23)/t15-,17-/m1/s1. The lowest BCUT2D eigenvalue weighted by molar-refractivity contribution is -0.121. The summed E-state index contributed by atoms with van der Waals surface area (Å²) >= 11 is 0. The van der Waals surface area contributed by atoms with Gasteiger partial charge in [-0.3, -0.25) is 9.48 Å². The molecule has 5 heteroatoms. The normalized spacial score (nSPS) is 20.6. The van der Waals surface area contributed by atoms with Gasteiger partial charge >= 0.3 is 0 Å². The number of hydrogen-bond donors (Lipinski definition) is 1. The predicted molar refractivity (Wildman–Crippen MR) is 86.5 cm³/mol. The second kappa shape index (κ2) is 6.94. The van der Waals surface area contributed by atoms with Gasteiger partial charge in [-0.2, -0.15) is 5.10 Å². The van der Waals surface area contributed by atoms with Crippen molar-refractivity contribution in [2.75, 3.05) is 0 Å². The van der Waals surface area contributed by atoms with Crippen molar-refractivity contribution in [1.82, 2.24) is 15.1 Å². The van der Waals surface area contributed by atoms with Crippen LogP contribution >= 0.6 is 0 Å². The monoisotopic (exact) mass is 315 g/mol. The number of aryl methyl sites for hydroxylation is 2. The van der Waals surface area contributed by atoms with Gasteiger partial charge in [-0.1, -0.05) is 12.1 Å². The van der Waals surface area contributed by atoms with Crippen LogP contribution in [0.25, 0.3) is 0 Å². The number of carbonyl (C=O) groups is 1. The maximum Gasteiger partial charge on any atom is 0.220 e. The Morgan fingerprint density at radius 3 is 2.83 bits per heavy atom. The second-order valence-corrected chi connectivity index (χ2v) is 6.35. The molecular formula is C18H22FN3O. The van der Waals surface area contributed by atoms with Crippen molar-refractivity contribution in [3.8, 4) is 0 Å². The first kappa shape index (κ1) is 15.7. The lowest BCUT2D eigenvalue weighted by Crippen LogP contribution is -2.32. The zero-order chi connectivity index (χ0) is 16.2. The summed E-state index contributed by atoms with van der Waals surface area (Å²) < 4.78 is 14.7. The molecule has 1 aromatic carbocycles. The van der Waals surface area contributed by atoms with Gasteiger partial charge in [0, 0.05) is 25.7 Å². The van der Waals surface area contributed by atoms with Crippen molar-refractivity contribution in [3.63, 3.8) is 0 Å². The van der Waals surface area contributed by atoms with Gasteiger partial charge in [0.1, 0.15) is 5.82 Å². The lowest BCUT2D eigenvalue weighted by atomic mass is 9.97. The third-order valence-electron chi connectivity index (χ3n) is 4.54. The van der Waals surface area contributed by atoms with Crippen LogP contribution in [0.5, 0.6) is 0 Å². The first-order valence-corrected chi connectivity index (χ1v) is 8.12. The number of halogens is 1. The van der Waals surface area contributed by atoms with E-state index in [0.29, 0.717) is 18.8 Å². The Morgan fingerprint density at radius 1 is 1.35 bits per heavy atom. The predicted octanol–water partition coefficient (Wildman–Crippen LogP) is 2.94. The Bertz CT molecular complexity index is 665. The van der Waals surface area contributed by atoms with Crippen LogP contribution in [-0.2, 0) is 18.3 Å². The minimum atomic E-state index is -0.202. The van der Waals surface area contributed by atoms with Crippen molar-refractivity contribution in [2.24, 2.45) is 7.05 Å². The Kier molecular flexibility index (Phi) is 4.74. The number of benzene rings is 1. The van der Waals surface area contributed by atoms with Crippen LogP contribution in [-0.4, -0.2) is 21.7 Å². The molecule has 1 aromatic heterocycles. The van der Waals surface area contributed by atoms with Crippen LogP contribution in [0.4, 0.5) is 4.39 Å². The first-order chi connectivity index (χ1) is 11.1. The Morgan fingerprint density at radius 2 is 2.13 bits per heavy atom. The summed E-state index contributed by atoms with van der Waals surface area (Å²) in [6, 6.07) is 6.95. The number of nitrogens with one attached hydrogen (secondary N) is 1. The van der Waals surface area contributed by atoms with Crippen LogP contribution in [0.15, 0.2) is 36.7 Å². The molecule has 2 atom stereocenters. The SMILES string of the molecule is Cn1cc(CCC(=O)N[C@@H]2CC[C@@H](c3ccc(F)cc3)C2)cn1. The average molecular weight is 315 g/mol. The molecule has 1 saturated carbocycles. The fourth-order valence-electron chi connectivity index (χ4n) is 3.31. The van der Waals surface area contributed by atoms with Gasteiger partial charge in [-0.25, -0.2) is 4.39 Å². The first-order valence-electron chi connectivity index (χ1n) is 8.12. The number of nitrogens with zero attached hydrogens (tertiary/aromatic N) is 2. The Balaban J connectivity index is 1.45. The summed E-state index contributed by atoms with van der Waals surface area (Å²) in [6.45, 7) is 0. The van der Waals surface area contributed by atoms with Crippen molar-refractivity contribution < 1.29 is 9.18 Å². The molecule has 1 aliphatic carbocycles. The van der Waals surface area contributed by atoms with E-state index >= 15 is 0 Å². The van der Waals surface area contributed by atoms with E-state index in [2.05, 4.69) is 10.4 Å². The van der Waals surface area contributed by atoms with Gasteiger partial charge in [0.25, 0.3) is 0 Å². The molecule has 0 radical (unpaired) electrons. The molecule has 1 heterocycles. The summed E-state index contributed by atoms with van der Waals surface area (Å²) in [4.78, 5) is 12.1. The zero-order valence-corrected chi connectivity index (χ0v) is 13.3. The van der Waals surface area contributed by atoms with Crippen molar-refractivity contribution in [2.45, 2.75) is 44.1 Å². The minimum absolute atomic E-state index is 0.0959. The fourth-order valence-corrected chi connectivity index (χ4v) is 3.31. The van der Waals surface area contributed by atoms with E-state index in [1.807, 2.05) is 25.4 Å². The maximum absolute atomic E-state index is 13.0. The van der Waals surface area contributed by atoms with Gasteiger partial charge in [0.15, 0.2) is 0 Å². The van der Waals surface area contributed by atoms with Gasteiger partial charge in [-0.05, 0) is 54.9 Å². The molecule has 0 saturated heterocycles. The van der Waals surface area contributed by atoms with Crippen LogP contribution in [0.1, 0.15) is 42.7 Å². The van der Waals surface area contributed by atoms with E-state index in [0.717, 1.165) is 24.8 Å². The number of aromatic nitrogens is 2. The molecule has 1 fully saturated rings. The highest BCUT2D eigenvalue weighted by Gasteiger charge is 2.26. The Hall–Kier alpha value is -2.17. The molecule has 0 bridgehead atoms. The summed E-state index contributed by atoms with van der Waals surface area (Å²) in [5.74, 6) is 0.310. The lowest BCUT2D eigenvalue weighted by Gasteiger charge is -2.13. The topological polar surface area (TPSA) is 46.9 Å². The number of carbonyl (C=O) groups excluding carboxylic acids is 1. The molecule has 122 valence electrons. The summed E-state index contributed by atoms with van der Waals surface area (Å²) in [7, 11) is 1.87. The summed E-state index contributed by atoms with van der Waals surface area (Å²) in [5.41, 5.74) is 2.25. The highest BCUT2D eigenvalue weighted by atomic mass is 19.1. The molecule has 4 nitrogen and oxygen atoms in total. The largest absolute Gasteiger partial charge is 0.353 e. The number of amides is 1. The fraction of sp³-hybridized carbons (Fsp3) is 0.444. The highest BCUT2D eigenvalue weighted by Crippen LogP contribution is 2.34. The summed E-state index contributed by atoms with van der Waals surface area (Å²) in [5, 5.41) is 7.23.